The van der Waals surface area contributed by atoms with E-state index >= 15 is 0 Å². The zero-order valence-corrected chi connectivity index (χ0v) is 10.7. The molecule has 0 spiro atoms. The monoisotopic (exact) mass is 250 g/mol. The number of nitrogens with two attached hydrogens (primary N) is 1. The summed E-state index contributed by atoms with van der Waals surface area (Å²) in [4.78, 5) is 11.9. The Morgan fingerprint density at radius 3 is 2.39 bits per heavy atom. The molecule has 1 aliphatic carbocycles. The summed E-state index contributed by atoms with van der Waals surface area (Å²) in [5.41, 5.74) is 6.92. The van der Waals surface area contributed by atoms with Crippen LogP contribution >= 0.6 is 0 Å². The van der Waals surface area contributed by atoms with Crippen LogP contribution in [-0.4, -0.2) is 20.1 Å². The predicted molar refractivity (Wildman–Crippen MR) is 69.9 cm³/mol. The van der Waals surface area contributed by atoms with Crippen LogP contribution in [0.15, 0.2) is 12.1 Å². The fourth-order valence-electron chi connectivity index (χ4n) is 1.91. The van der Waals surface area contributed by atoms with Crippen molar-refractivity contribution < 1.29 is 14.3 Å². The van der Waals surface area contributed by atoms with Crippen molar-refractivity contribution in [3.8, 4) is 11.5 Å². The maximum atomic E-state index is 11.9. The van der Waals surface area contributed by atoms with Gasteiger partial charge in [-0.2, -0.15) is 0 Å². The fourth-order valence-corrected chi connectivity index (χ4v) is 1.91. The first-order valence-electron chi connectivity index (χ1n) is 5.98. The Morgan fingerprint density at radius 2 is 1.89 bits per heavy atom. The third-order valence-electron chi connectivity index (χ3n) is 3.29. The summed E-state index contributed by atoms with van der Waals surface area (Å²) in [5.74, 6) is 1.25. The number of nitrogen functional groups attached to an aromatic ring is 1. The maximum Gasteiger partial charge on any atom is 0.227 e. The molecule has 18 heavy (non-hydrogen) atoms. The molecular formula is C13H18N2O3. The molecule has 0 radical (unpaired) electrons. The molecule has 0 aliphatic heterocycles. The van der Waals surface area contributed by atoms with Gasteiger partial charge < -0.3 is 20.5 Å². The Kier molecular flexibility index (Phi) is 3.60. The Balaban J connectivity index is 2.18. The molecule has 1 aromatic carbocycles. The molecular weight excluding hydrogens is 232 g/mol. The first-order valence-corrected chi connectivity index (χ1v) is 5.98. The van der Waals surface area contributed by atoms with Crippen LogP contribution in [0.5, 0.6) is 11.5 Å². The number of rotatable bonds is 4. The number of hydrogen-bond donors (Lipinski definition) is 2. The number of hydrogen-bond acceptors (Lipinski definition) is 4. The largest absolute Gasteiger partial charge is 0.493 e. The van der Waals surface area contributed by atoms with E-state index in [9.17, 15) is 4.79 Å². The van der Waals surface area contributed by atoms with E-state index in [1.165, 1.54) is 0 Å². The van der Waals surface area contributed by atoms with Crippen molar-refractivity contribution in [3.63, 3.8) is 0 Å². The van der Waals surface area contributed by atoms with Crippen LogP contribution in [0.3, 0.4) is 0 Å². The molecule has 0 unspecified atom stereocenters. The van der Waals surface area contributed by atoms with Crippen molar-refractivity contribution in [1.29, 1.82) is 0 Å². The lowest BCUT2D eigenvalue weighted by atomic mass is 9.85. The van der Waals surface area contributed by atoms with Gasteiger partial charge in [-0.25, -0.2) is 0 Å². The average Bonchev–Trinajstić information content (AvgIpc) is 2.28. The molecule has 2 rings (SSSR count). The smallest absolute Gasteiger partial charge is 0.227 e. The second-order valence-corrected chi connectivity index (χ2v) is 4.41. The van der Waals surface area contributed by atoms with Crippen LogP contribution in [0.4, 0.5) is 11.4 Å². The van der Waals surface area contributed by atoms with Gasteiger partial charge in [-0.05, 0) is 12.8 Å². The quantitative estimate of drug-likeness (QED) is 0.802. The number of anilines is 2. The summed E-state index contributed by atoms with van der Waals surface area (Å²) < 4.78 is 10.3. The van der Waals surface area contributed by atoms with Gasteiger partial charge in [0, 0.05) is 18.1 Å². The van der Waals surface area contributed by atoms with Gasteiger partial charge in [-0.3, -0.25) is 4.79 Å². The molecule has 5 nitrogen and oxygen atoms in total. The number of carbonyl (C=O) groups is 1. The third kappa shape index (κ3) is 2.34. The van der Waals surface area contributed by atoms with Crippen molar-refractivity contribution in [3.05, 3.63) is 12.1 Å². The molecule has 3 N–H and O–H groups in total. The Morgan fingerprint density at radius 1 is 1.28 bits per heavy atom. The second kappa shape index (κ2) is 5.16. The van der Waals surface area contributed by atoms with Gasteiger partial charge >= 0.3 is 0 Å². The molecule has 98 valence electrons. The number of ether oxygens (including phenoxy) is 2. The molecule has 5 heteroatoms. The van der Waals surface area contributed by atoms with Gasteiger partial charge in [0.1, 0.15) is 0 Å². The van der Waals surface area contributed by atoms with E-state index in [0.717, 1.165) is 19.3 Å². The summed E-state index contributed by atoms with van der Waals surface area (Å²) in [5, 5.41) is 2.84. The lowest BCUT2D eigenvalue weighted by molar-refractivity contribution is -0.122. The zero-order valence-electron chi connectivity index (χ0n) is 10.7. The molecule has 0 bridgehead atoms. The molecule has 0 heterocycles. The number of methoxy groups -OCH3 is 2. The lowest BCUT2D eigenvalue weighted by Gasteiger charge is -2.24. The van der Waals surface area contributed by atoms with Gasteiger partial charge in [0.05, 0.1) is 25.6 Å². The van der Waals surface area contributed by atoms with Crippen LogP contribution in [0.25, 0.3) is 0 Å². The molecule has 1 fully saturated rings. The van der Waals surface area contributed by atoms with E-state index in [4.69, 9.17) is 15.2 Å². The molecule has 1 amide bonds. The van der Waals surface area contributed by atoms with E-state index in [-0.39, 0.29) is 11.8 Å². The summed E-state index contributed by atoms with van der Waals surface area (Å²) in [7, 11) is 3.09. The highest BCUT2D eigenvalue weighted by molar-refractivity contribution is 5.96. The highest BCUT2D eigenvalue weighted by atomic mass is 16.5. The molecule has 0 aromatic heterocycles. The van der Waals surface area contributed by atoms with Crippen molar-refractivity contribution in [2.24, 2.45) is 5.92 Å². The highest BCUT2D eigenvalue weighted by Crippen LogP contribution is 2.36. The molecule has 0 atom stereocenters. The van der Waals surface area contributed by atoms with Crippen molar-refractivity contribution in [2.45, 2.75) is 19.3 Å². The average molecular weight is 250 g/mol. The predicted octanol–water partition coefficient (Wildman–Crippen LogP) is 2.02. The minimum Gasteiger partial charge on any atom is -0.493 e. The minimum atomic E-state index is 0.0279. The Labute approximate surface area is 106 Å². The maximum absolute atomic E-state index is 11.9. The summed E-state index contributed by atoms with van der Waals surface area (Å²) in [6, 6.07) is 3.33. The summed E-state index contributed by atoms with van der Waals surface area (Å²) >= 11 is 0. The Bertz CT molecular complexity index is 456. The van der Waals surface area contributed by atoms with Crippen LogP contribution in [0.2, 0.25) is 0 Å². The van der Waals surface area contributed by atoms with Crippen LogP contribution in [0.1, 0.15) is 19.3 Å². The van der Waals surface area contributed by atoms with Crippen LogP contribution < -0.4 is 20.5 Å². The van der Waals surface area contributed by atoms with Crippen molar-refractivity contribution in [2.75, 3.05) is 25.3 Å². The lowest BCUT2D eigenvalue weighted by Crippen LogP contribution is -2.28. The first kappa shape index (κ1) is 12.5. The summed E-state index contributed by atoms with van der Waals surface area (Å²) in [6.07, 6.45) is 3.04. The zero-order chi connectivity index (χ0) is 13.1. The van der Waals surface area contributed by atoms with Crippen LogP contribution in [-0.2, 0) is 4.79 Å². The topological polar surface area (TPSA) is 73.6 Å². The fraction of sp³-hybridized carbons (Fsp3) is 0.462. The molecule has 1 aliphatic rings. The molecule has 1 saturated carbocycles. The number of benzene rings is 1. The van der Waals surface area contributed by atoms with Gasteiger partial charge in [0.25, 0.3) is 0 Å². The highest BCUT2D eigenvalue weighted by Gasteiger charge is 2.25. The van der Waals surface area contributed by atoms with Gasteiger partial charge in [0.2, 0.25) is 5.91 Å². The Hall–Kier alpha value is -1.91. The van der Waals surface area contributed by atoms with E-state index in [1.807, 2.05) is 0 Å². The van der Waals surface area contributed by atoms with Gasteiger partial charge in [-0.1, -0.05) is 6.42 Å². The third-order valence-corrected chi connectivity index (χ3v) is 3.29. The SMILES string of the molecule is COc1cc(N)c(NC(=O)C2CCC2)cc1OC. The normalized spacial score (nSPS) is 14.8. The number of nitrogens with one attached hydrogen (secondary N) is 1. The van der Waals surface area contributed by atoms with E-state index < -0.39 is 0 Å². The van der Waals surface area contributed by atoms with Crippen molar-refractivity contribution >= 4 is 17.3 Å². The minimum absolute atomic E-state index is 0.0279. The van der Waals surface area contributed by atoms with E-state index in [2.05, 4.69) is 5.32 Å². The van der Waals surface area contributed by atoms with E-state index in [1.54, 1.807) is 26.4 Å². The van der Waals surface area contributed by atoms with Gasteiger partial charge in [-0.15, -0.1) is 0 Å². The molecule has 0 saturated heterocycles. The van der Waals surface area contributed by atoms with Crippen molar-refractivity contribution in [1.82, 2.24) is 0 Å². The standard InChI is InChI=1S/C13H18N2O3/c1-17-11-6-9(14)10(7-12(11)18-2)15-13(16)8-4-3-5-8/h6-8H,3-5,14H2,1-2H3,(H,15,16). The number of carbonyl (C=O) groups excluding carboxylic acids is 1. The van der Waals surface area contributed by atoms with Gasteiger partial charge in [0.15, 0.2) is 11.5 Å². The molecule has 1 aromatic rings. The number of amides is 1. The van der Waals surface area contributed by atoms with Crippen LogP contribution in [0, 0.1) is 5.92 Å². The first-order chi connectivity index (χ1) is 8.65. The summed E-state index contributed by atoms with van der Waals surface area (Å²) in [6.45, 7) is 0. The van der Waals surface area contributed by atoms with E-state index in [0.29, 0.717) is 22.9 Å². The second-order valence-electron chi connectivity index (χ2n) is 4.41.